The number of rotatable bonds is 3. The van der Waals surface area contributed by atoms with Gasteiger partial charge in [-0.15, -0.1) is 0 Å². The Bertz CT molecular complexity index is 1060. The number of hydrogen-bond acceptors (Lipinski definition) is 6. The molecule has 1 aromatic heterocycles. The molecule has 7 nitrogen and oxygen atoms in total. The van der Waals surface area contributed by atoms with Gasteiger partial charge in [0, 0.05) is 35.3 Å². The molecular formula is C19H16N2O5. The zero-order valence-electron chi connectivity index (χ0n) is 13.8. The van der Waals surface area contributed by atoms with Gasteiger partial charge < -0.3 is 29.2 Å². The van der Waals surface area contributed by atoms with Crippen molar-refractivity contribution in [3.05, 3.63) is 52.3 Å². The van der Waals surface area contributed by atoms with Crippen LogP contribution in [0.15, 0.2) is 41.2 Å². The van der Waals surface area contributed by atoms with Crippen molar-refractivity contribution in [3.63, 3.8) is 0 Å². The van der Waals surface area contributed by atoms with Gasteiger partial charge in [0.05, 0.1) is 5.52 Å². The molecule has 3 aromatic rings. The maximum atomic E-state index is 12.4. The number of H-pyrrole nitrogens is 1. The molecule has 0 saturated carbocycles. The second-order valence-electron chi connectivity index (χ2n) is 6.13. The first-order valence-corrected chi connectivity index (χ1v) is 8.35. The van der Waals surface area contributed by atoms with Crippen LogP contribution in [0, 0.1) is 0 Å². The van der Waals surface area contributed by atoms with Crippen LogP contribution >= 0.6 is 0 Å². The molecular weight excluding hydrogens is 336 g/mol. The second-order valence-corrected chi connectivity index (χ2v) is 6.13. The quantitative estimate of drug-likeness (QED) is 0.754. The maximum Gasteiger partial charge on any atom is 0.253 e. The van der Waals surface area contributed by atoms with Crippen molar-refractivity contribution in [2.24, 2.45) is 0 Å². The molecule has 0 fully saturated rings. The fourth-order valence-corrected chi connectivity index (χ4v) is 3.12. The van der Waals surface area contributed by atoms with Gasteiger partial charge in [-0.1, -0.05) is 0 Å². The van der Waals surface area contributed by atoms with Crippen molar-refractivity contribution in [3.8, 4) is 23.0 Å². The highest BCUT2D eigenvalue weighted by Gasteiger charge is 2.15. The average molecular weight is 352 g/mol. The van der Waals surface area contributed by atoms with Crippen LogP contribution in [0.25, 0.3) is 10.9 Å². The third-order valence-electron chi connectivity index (χ3n) is 4.44. The van der Waals surface area contributed by atoms with Gasteiger partial charge in [-0.2, -0.15) is 0 Å². The summed E-state index contributed by atoms with van der Waals surface area (Å²) in [6, 6.07) is 11.2. The molecule has 2 aliphatic heterocycles. The summed E-state index contributed by atoms with van der Waals surface area (Å²) in [5.41, 5.74) is 2.08. The van der Waals surface area contributed by atoms with Crippen LogP contribution in [0.2, 0.25) is 0 Å². The van der Waals surface area contributed by atoms with E-state index >= 15 is 0 Å². The van der Waals surface area contributed by atoms with Gasteiger partial charge in [0.1, 0.15) is 13.2 Å². The minimum absolute atomic E-state index is 0.137. The number of aromatic nitrogens is 1. The smallest absolute Gasteiger partial charge is 0.253 e. The lowest BCUT2D eigenvalue weighted by Gasteiger charge is -2.19. The molecule has 0 aliphatic carbocycles. The third kappa shape index (κ3) is 2.57. The predicted molar refractivity (Wildman–Crippen MR) is 95.5 cm³/mol. The average Bonchev–Trinajstić information content (AvgIpc) is 3.12. The summed E-state index contributed by atoms with van der Waals surface area (Å²) in [6.45, 7) is 1.67. The highest BCUT2D eigenvalue weighted by Crippen LogP contribution is 2.35. The molecule has 7 heteroatoms. The largest absolute Gasteiger partial charge is 0.486 e. The SMILES string of the molecule is O=c1[nH]c2cc3c(cc2cc1CNc1ccc2c(c1)OCO2)OCCO3. The first kappa shape index (κ1) is 14.9. The lowest BCUT2D eigenvalue weighted by Crippen LogP contribution is -2.17. The Labute approximate surface area is 148 Å². The minimum atomic E-state index is -0.137. The molecule has 0 saturated heterocycles. The molecule has 3 heterocycles. The van der Waals surface area contributed by atoms with Crippen LogP contribution in [-0.2, 0) is 6.54 Å². The predicted octanol–water partition coefficient (Wildman–Crippen LogP) is 2.64. The monoisotopic (exact) mass is 352 g/mol. The van der Waals surface area contributed by atoms with Crippen LogP contribution in [0.4, 0.5) is 5.69 Å². The van der Waals surface area contributed by atoms with Crippen molar-refractivity contribution in [2.75, 3.05) is 25.3 Å². The van der Waals surface area contributed by atoms with Crippen LogP contribution in [0.1, 0.15) is 5.56 Å². The summed E-state index contributed by atoms with van der Waals surface area (Å²) in [7, 11) is 0. The van der Waals surface area contributed by atoms with Gasteiger partial charge in [0.2, 0.25) is 6.79 Å². The van der Waals surface area contributed by atoms with E-state index in [1.165, 1.54) is 0 Å². The second kappa shape index (κ2) is 5.87. The summed E-state index contributed by atoms with van der Waals surface area (Å²) in [4.78, 5) is 15.3. The lowest BCUT2D eigenvalue weighted by molar-refractivity contribution is 0.172. The van der Waals surface area contributed by atoms with E-state index in [1.54, 1.807) is 6.07 Å². The topological polar surface area (TPSA) is 81.8 Å². The first-order valence-electron chi connectivity index (χ1n) is 8.35. The van der Waals surface area contributed by atoms with Crippen LogP contribution in [-0.4, -0.2) is 25.0 Å². The van der Waals surface area contributed by atoms with Crippen molar-refractivity contribution in [2.45, 2.75) is 6.54 Å². The van der Waals surface area contributed by atoms with Crippen LogP contribution in [0.3, 0.4) is 0 Å². The first-order chi connectivity index (χ1) is 12.8. The van der Waals surface area contributed by atoms with E-state index in [9.17, 15) is 4.79 Å². The molecule has 5 rings (SSSR count). The number of fused-ring (bicyclic) bond motifs is 3. The summed E-state index contributed by atoms with van der Waals surface area (Å²) >= 11 is 0. The number of nitrogens with one attached hydrogen (secondary N) is 2. The Balaban J connectivity index is 1.43. The van der Waals surface area contributed by atoms with Gasteiger partial charge in [0.15, 0.2) is 23.0 Å². The molecule has 2 aromatic carbocycles. The summed E-state index contributed by atoms with van der Waals surface area (Å²) in [5.74, 6) is 2.79. The Morgan fingerprint density at radius 3 is 2.54 bits per heavy atom. The normalized spacial score (nSPS) is 14.5. The Morgan fingerprint density at radius 2 is 1.65 bits per heavy atom. The Morgan fingerprint density at radius 1 is 0.885 bits per heavy atom. The number of anilines is 1. The Kier molecular flexibility index (Phi) is 3.38. The van der Waals surface area contributed by atoms with E-state index in [0.717, 1.165) is 22.3 Å². The number of benzene rings is 2. The molecule has 0 bridgehead atoms. The van der Waals surface area contributed by atoms with Crippen molar-refractivity contribution in [1.29, 1.82) is 0 Å². The molecule has 26 heavy (non-hydrogen) atoms. The van der Waals surface area contributed by atoms with E-state index in [4.69, 9.17) is 18.9 Å². The van der Waals surface area contributed by atoms with Crippen LogP contribution < -0.4 is 29.8 Å². The van der Waals surface area contributed by atoms with Gasteiger partial charge in [-0.25, -0.2) is 0 Å². The zero-order valence-corrected chi connectivity index (χ0v) is 13.8. The number of hydrogen-bond donors (Lipinski definition) is 2. The van der Waals surface area contributed by atoms with Gasteiger partial charge >= 0.3 is 0 Å². The standard InChI is InChI=1S/C19H16N2O5/c22-19-12(9-20-13-1-2-15-17(7-13)26-10-25-15)5-11-6-16-18(8-14(11)21-19)24-4-3-23-16/h1-2,5-8,20H,3-4,9-10H2,(H,21,22). The van der Waals surface area contributed by atoms with Gasteiger partial charge in [-0.3, -0.25) is 4.79 Å². The molecule has 2 aliphatic rings. The number of ether oxygens (including phenoxy) is 4. The molecule has 132 valence electrons. The van der Waals surface area contributed by atoms with E-state index in [1.807, 2.05) is 30.3 Å². The van der Waals surface area contributed by atoms with E-state index in [2.05, 4.69) is 10.3 Å². The fourth-order valence-electron chi connectivity index (χ4n) is 3.12. The number of aromatic amines is 1. The van der Waals surface area contributed by atoms with E-state index in [0.29, 0.717) is 42.6 Å². The maximum absolute atomic E-state index is 12.4. The lowest BCUT2D eigenvalue weighted by atomic mass is 10.1. The van der Waals surface area contributed by atoms with Gasteiger partial charge in [0.25, 0.3) is 5.56 Å². The van der Waals surface area contributed by atoms with Crippen molar-refractivity contribution < 1.29 is 18.9 Å². The highest BCUT2D eigenvalue weighted by molar-refractivity contribution is 5.83. The van der Waals surface area contributed by atoms with Crippen molar-refractivity contribution >= 4 is 16.6 Å². The van der Waals surface area contributed by atoms with E-state index in [-0.39, 0.29) is 12.4 Å². The summed E-state index contributed by atoms with van der Waals surface area (Å²) in [5, 5.41) is 4.15. The van der Waals surface area contributed by atoms with Crippen LogP contribution in [0.5, 0.6) is 23.0 Å². The molecule has 0 amide bonds. The van der Waals surface area contributed by atoms with Gasteiger partial charge in [-0.05, 0) is 24.3 Å². The number of pyridine rings is 1. The fraction of sp³-hybridized carbons (Fsp3) is 0.211. The molecule has 0 unspecified atom stereocenters. The highest BCUT2D eigenvalue weighted by atomic mass is 16.7. The summed E-state index contributed by atoms with van der Waals surface area (Å²) < 4.78 is 21.8. The third-order valence-corrected chi connectivity index (χ3v) is 4.44. The minimum Gasteiger partial charge on any atom is -0.486 e. The zero-order chi connectivity index (χ0) is 17.5. The molecule has 0 spiro atoms. The molecule has 0 atom stereocenters. The Hall–Kier alpha value is -3.35. The summed E-state index contributed by atoms with van der Waals surface area (Å²) in [6.07, 6.45) is 0. The van der Waals surface area contributed by atoms with E-state index < -0.39 is 0 Å². The molecule has 0 radical (unpaired) electrons. The van der Waals surface area contributed by atoms with Crippen molar-refractivity contribution in [1.82, 2.24) is 4.98 Å². The molecule has 2 N–H and O–H groups in total.